The Morgan fingerprint density at radius 1 is 1.28 bits per heavy atom. The van der Waals surface area contributed by atoms with Gasteiger partial charge in [-0.3, -0.25) is 14.9 Å². The van der Waals surface area contributed by atoms with Gasteiger partial charge in [-0.1, -0.05) is 12.1 Å². The van der Waals surface area contributed by atoms with E-state index in [4.69, 9.17) is 10.5 Å². The van der Waals surface area contributed by atoms with Gasteiger partial charge in [-0.15, -0.1) is 0 Å². The van der Waals surface area contributed by atoms with E-state index in [-0.39, 0.29) is 11.3 Å². The Morgan fingerprint density at radius 3 is 2.55 bits per heavy atom. The van der Waals surface area contributed by atoms with E-state index < -0.39 is 40.0 Å². The molecule has 0 saturated heterocycles. The number of hydrogen-bond acceptors (Lipinski definition) is 7. The summed E-state index contributed by atoms with van der Waals surface area (Å²) in [6.45, 7) is 0. The lowest BCUT2D eigenvalue weighted by molar-refractivity contribution is -0.385. The highest BCUT2D eigenvalue weighted by molar-refractivity contribution is 5.94. The van der Waals surface area contributed by atoms with Gasteiger partial charge in [0.1, 0.15) is 11.9 Å². The zero-order valence-electron chi connectivity index (χ0n) is 14.5. The first kappa shape index (κ1) is 19.7. The molecule has 0 aliphatic carbocycles. The number of primary amides is 1. The molecule has 3 rings (SSSR count). The first-order chi connectivity index (χ1) is 13.6. The quantitative estimate of drug-likeness (QED) is 0.505. The van der Waals surface area contributed by atoms with Crippen molar-refractivity contribution in [2.75, 3.05) is 7.11 Å². The van der Waals surface area contributed by atoms with Crippen molar-refractivity contribution in [1.29, 1.82) is 0 Å². The number of aromatic nitrogens is 4. The van der Waals surface area contributed by atoms with Gasteiger partial charge in [-0.25, -0.2) is 9.97 Å². The Kier molecular flexibility index (Phi) is 4.88. The second-order valence-electron chi connectivity index (χ2n) is 5.60. The molecule has 10 nitrogen and oxygen atoms in total. The molecular formula is C16H11F3N6O4. The van der Waals surface area contributed by atoms with Crippen LogP contribution in [0.5, 0.6) is 5.75 Å². The van der Waals surface area contributed by atoms with Gasteiger partial charge in [0.25, 0.3) is 11.9 Å². The van der Waals surface area contributed by atoms with E-state index in [1.807, 2.05) is 0 Å². The van der Waals surface area contributed by atoms with Crippen LogP contribution in [0.15, 0.2) is 36.5 Å². The molecule has 1 aromatic carbocycles. The highest BCUT2D eigenvalue weighted by atomic mass is 19.4. The molecule has 2 aromatic heterocycles. The average molecular weight is 408 g/mol. The molecule has 29 heavy (non-hydrogen) atoms. The summed E-state index contributed by atoms with van der Waals surface area (Å²) in [5.41, 5.74) is 2.34. The lowest BCUT2D eigenvalue weighted by atomic mass is 10.1. The minimum atomic E-state index is -4.84. The fourth-order valence-corrected chi connectivity index (χ4v) is 2.39. The Morgan fingerprint density at radius 2 is 2.00 bits per heavy atom. The van der Waals surface area contributed by atoms with Crippen LogP contribution >= 0.6 is 0 Å². The number of nitrogens with two attached hydrogens (primary N) is 1. The second-order valence-corrected chi connectivity index (χ2v) is 5.60. The van der Waals surface area contributed by atoms with E-state index in [1.165, 1.54) is 19.2 Å². The third-order valence-corrected chi connectivity index (χ3v) is 3.70. The van der Waals surface area contributed by atoms with Crippen molar-refractivity contribution in [1.82, 2.24) is 19.7 Å². The van der Waals surface area contributed by atoms with Crippen molar-refractivity contribution in [2.24, 2.45) is 5.73 Å². The van der Waals surface area contributed by atoms with Crippen LogP contribution in [-0.2, 0) is 6.18 Å². The molecule has 150 valence electrons. The minimum absolute atomic E-state index is 0.139. The second kappa shape index (κ2) is 7.18. The Labute approximate surface area is 159 Å². The SMILES string of the molecule is COc1cccc(-c2cc(C(F)(F)F)nc(-n3cc([N+](=O)[O-])c(C(N)=O)n3)n2)c1. The maximum atomic E-state index is 13.3. The molecule has 0 aliphatic rings. The van der Waals surface area contributed by atoms with Crippen molar-refractivity contribution in [3.8, 4) is 23.0 Å². The molecule has 0 saturated carbocycles. The van der Waals surface area contributed by atoms with Crippen molar-refractivity contribution < 1.29 is 27.6 Å². The predicted molar refractivity (Wildman–Crippen MR) is 91.3 cm³/mol. The Bertz CT molecular complexity index is 1080. The first-order valence-electron chi connectivity index (χ1n) is 7.75. The van der Waals surface area contributed by atoms with Crippen LogP contribution in [0.3, 0.4) is 0 Å². The molecule has 2 heterocycles. The molecule has 0 aliphatic heterocycles. The van der Waals surface area contributed by atoms with Gasteiger partial charge in [0, 0.05) is 5.56 Å². The molecule has 0 fully saturated rings. The summed E-state index contributed by atoms with van der Waals surface area (Å²) >= 11 is 0. The molecule has 0 radical (unpaired) electrons. The normalized spacial score (nSPS) is 11.3. The number of hydrogen-bond donors (Lipinski definition) is 1. The number of amides is 1. The van der Waals surface area contributed by atoms with E-state index in [0.717, 1.165) is 0 Å². The van der Waals surface area contributed by atoms with E-state index in [1.54, 1.807) is 12.1 Å². The molecule has 2 N–H and O–H groups in total. The van der Waals surface area contributed by atoms with Crippen LogP contribution in [0.25, 0.3) is 17.2 Å². The fraction of sp³-hybridized carbons (Fsp3) is 0.125. The highest BCUT2D eigenvalue weighted by Gasteiger charge is 2.34. The van der Waals surface area contributed by atoms with E-state index in [2.05, 4.69) is 15.1 Å². The maximum Gasteiger partial charge on any atom is 0.433 e. The topological polar surface area (TPSA) is 139 Å². The summed E-state index contributed by atoms with van der Waals surface area (Å²) in [5, 5.41) is 14.6. The zero-order chi connectivity index (χ0) is 21.3. The van der Waals surface area contributed by atoms with Crippen LogP contribution in [-0.4, -0.2) is 37.7 Å². The number of halogens is 3. The van der Waals surface area contributed by atoms with Gasteiger partial charge in [-0.05, 0) is 18.2 Å². The van der Waals surface area contributed by atoms with Crippen LogP contribution in [0.2, 0.25) is 0 Å². The summed E-state index contributed by atoms with van der Waals surface area (Å²) in [6, 6.07) is 6.80. The monoisotopic (exact) mass is 408 g/mol. The van der Waals surface area contributed by atoms with Crippen molar-refractivity contribution in [3.63, 3.8) is 0 Å². The summed E-state index contributed by atoms with van der Waals surface area (Å²) in [4.78, 5) is 28.9. The zero-order valence-corrected chi connectivity index (χ0v) is 14.5. The molecule has 0 atom stereocenters. The molecule has 1 amide bonds. The summed E-state index contributed by atoms with van der Waals surface area (Å²) in [5.74, 6) is -1.48. The first-order valence-corrected chi connectivity index (χ1v) is 7.75. The van der Waals surface area contributed by atoms with Gasteiger partial charge in [0.05, 0.1) is 17.7 Å². The number of carbonyl (C=O) groups excluding carboxylic acids is 1. The lowest BCUT2D eigenvalue weighted by Crippen LogP contribution is -2.15. The van der Waals surface area contributed by atoms with Gasteiger partial charge >= 0.3 is 11.9 Å². The third-order valence-electron chi connectivity index (χ3n) is 3.70. The van der Waals surface area contributed by atoms with E-state index >= 15 is 0 Å². The number of ether oxygens (including phenoxy) is 1. The number of methoxy groups -OCH3 is 1. The Hall–Kier alpha value is -4.03. The standard InChI is InChI=1S/C16H11F3N6O4/c1-29-9-4-2-3-8(5-9)10-6-12(16(17,18)19)22-15(21-10)24-7-11(25(27)28)13(23-24)14(20)26/h2-7H,1H3,(H2,20,26). The predicted octanol–water partition coefficient (Wildman–Crippen LogP) is 2.36. The number of rotatable bonds is 5. The molecular weight excluding hydrogens is 397 g/mol. The average Bonchev–Trinajstić information content (AvgIpc) is 3.13. The van der Waals surface area contributed by atoms with Crippen molar-refractivity contribution in [3.05, 3.63) is 58.0 Å². The summed E-state index contributed by atoms with van der Waals surface area (Å²) in [6.07, 6.45) is -4.12. The minimum Gasteiger partial charge on any atom is -0.497 e. The molecule has 3 aromatic rings. The number of nitrogens with zero attached hydrogens (tertiary/aromatic N) is 5. The van der Waals surface area contributed by atoms with Gasteiger partial charge < -0.3 is 10.5 Å². The Balaban J connectivity index is 2.23. The molecule has 0 spiro atoms. The van der Waals surface area contributed by atoms with Crippen LogP contribution in [0.4, 0.5) is 18.9 Å². The number of benzene rings is 1. The number of alkyl halides is 3. The smallest absolute Gasteiger partial charge is 0.433 e. The van der Waals surface area contributed by atoms with Crippen LogP contribution in [0.1, 0.15) is 16.2 Å². The fourth-order valence-electron chi connectivity index (χ4n) is 2.39. The van der Waals surface area contributed by atoms with Crippen LogP contribution < -0.4 is 10.5 Å². The largest absolute Gasteiger partial charge is 0.497 e. The van der Waals surface area contributed by atoms with E-state index in [9.17, 15) is 28.1 Å². The lowest BCUT2D eigenvalue weighted by Gasteiger charge is -2.11. The third kappa shape index (κ3) is 3.97. The van der Waals surface area contributed by atoms with Gasteiger partial charge in [0.15, 0.2) is 5.69 Å². The molecule has 13 heteroatoms. The highest BCUT2D eigenvalue weighted by Crippen LogP contribution is 2.32. The van der Waals surface area contributed by atoms with Crippen molar-refractivity contribution in [2.45, 2.75) is 6.18 Å². The van der Waals surface area contributed by atoms with Gasteiger partial charge in [0.2, 0.25) is 5.69 Å². The number of carbonyl (C=O) groups is 1. The van der Waals surface area contributed by atoms with Gasteiger partial charge in [-0.2, -0.15) is 23.0 Å². The van der Waals surface area contributed by atoms with E-state index in [0.29, 0.717) is 22.7 Å². The molecule has 0 unspecified atom stereocenters. The van der Waals surface area contributed by atoms with Crippen molar-refractivity contribution >= 4 is 11.6 Å². The number of nitro groups is 1. The summed E-state index contributed by atoms with van der Waals surface area (Å²) in [7, 11) is 1.39. The summed E-state index contributed by atoms with van der Waals surface area (Å²) < 4.78 is 45.7. The van der Waals surface area contributed by atoms with Crippen LogP contribution in [0, 0.1) is 10.1 Å². The maximum absolute atomic E-state index is 13.3. The molecule has 0 bridgehead atoms.